The van der Waals surface area contributed by atoms with E-state index in [2.05, 4.69) is 0 Å². The van der Waals surface area contributed by atoms with Gasteiger partial charge in [-0.2, -0.15) is 0 Å². The van der Waals surface area contributed by atoms with Gasteiger partial charge in [0.05, 0.1) is 33.8 Å². The molecule has 1 N–H and O–H groups in total. The molecular weight excluding hydrogens is 484 g/mol. The summed E-state index contributed by atoms with van der Waals surface area (Å²) in [6.07, 6.45) is -0.893. The fourth-order valence-electron chi connectivity index (χ4n) is 3.88. The van der Waals surface area contributed by atoms with Crippen LogP contribution in [-0.4, -0.2) is 62.9 Å². The van der Waals surface area contributed by atoms with E-state index in [-0.39, 0.29) is 33.9 Å². The van der Waals surface area contributed by atoms with Crippen LogP contribution in [0.4, 0.5) is 4.79 Å². The van der Waals surface area contributed by atoms with Crippen molar-refractivity contribution in [2.75, 3.05) is 40.5 Å². The molecule has 0 saturated carbocycles. The zero-order chi connectivity index (χ0) is 27.7. The van der Waals surface area contributed by atoms with Gasteiger partial charge in [0.15, 0.2) is 17.2 Å². The third kappa shape index (κ3) is 5.11. The lowest BCUT2D eigenvalue weighted by molar-refractivity contribution is 0.0534. The largest absolute Gasteiger partial charge is 0.508 e. The first kappa shape index (κ1) is 27.2. The summed E-state index contributed by atoms with van der Waals surface area (Å²) in [5.74, 6) is -0.186. The van der Waals surface area contributed by atoms with E-state index < -0.39 is 23.2 Å². The summed E-state index contributed by atoms with van der Waals surface area (Å²) in [7, 11) is 6.78. The molecule has 3 rings (SSSR count). The van der Waals surface area contributed by atoms with Crippen molar-refractivity contribution in [3.8, 4) is 34.1 Å². The van der Waals surface area contributed by atoms with Crippen LogP contribution < -0.4 is 24.8 Å². The van der Waals surface area contributed by atoms with E-state index in [9.17, 15) is 19.5 Å². The molecule has 198 valence electrons. The van der Waals surface area contributed by atoms with Crippen molar-refractivity contribution >= 4 is 22.8 Å². The number of ether oxygens (including phenoxy) is 5. The van der Waals surface area contributed by atoms with E-state index in [0.29, 0.717) is 16.7 Å². The minimum atomic E-state index is -0.897. The highest BCUT2D eigenvalue weighted by atomic mass is 16.6. The smallest absolute Gasteiger partial charge is 0.429 e. The molecule has 0 radical (unpaired) electrons. The Balaban J connectivity index is 2.55. The fraction of sp³-hybridized carbons (Fsp3) is 0.346. The molecule has 0 aliphatic heterocycles. The topological polar surface area (TPSA) is 126 Å². The van der Waals surface area contributed by atoms with Gasteiger partial charge in [-0.3, -0.25) is 4.79 Å². The molecule has 0 spiro atoms. The Morgan fingerprint density at radius 1 is 0.919 bits per heavy atom. The Morgan fingerprint density at radius 3 is 2.00 bits per heavy atom. The number of carbonyl (C=O) groups is 2. The van der Waals surface area contributed by atoms with E-state index >= 15 is 0 Å². The first-order valence-corrected chi connectivity index (χ1v) is 11.2. The van der Waals surface area contributed by atoms with Crippen LogP contribution in [0.25, 0.3) is 21.9 Å². The minimum Gasteiger partial charge on any atom is -0.508 e. The van der Waals surface area contributed by atoms with Crippen molar-refractivity contribution in [2.45, 2.75) is 26.4 Å². The number of fused-ring (bicyclic) bond motifs is 1. The SMILES string of the molecule is COC(=O)c1c(-c2cc(OC)c(OC)c(OC)c2)c2ccc(O)cc2c(=O)n1N(C)C(=O)OC(C)(C)C. The number of nitrogens with zero attached hydrogens (tertiary/aromatic N) is 2. The number of phenolic OH excluding ortho intramolecular Hbond substituents is 1. The highest BCUT2D eigenvalue weighted by molar-refractivity contribution is 6.08. The molecule has 11 heteroatoms. The Hall–Kier alpha value is -4.41. The quantitative estimate of drug-likeness (QED) is 0.490. The lowest BCUT2D eigenvalue weighted by Crippen LogP contribution is -2.48. The van der Waals surface area contributed by atoms with Crippen LogP contribution in [0.15, 0.2) is 35.1 Å². The normalized spacial score (nSPS) is 11.1. The number of phenols is 1. The number of amides is 1. The number of aromatic hydroxyl groups is 1. The maximum atomic E-state index is 13.7. The molecule has 0 bridgehead atoms. The summed E-state index contributed by atoms with van der Waals surface area (Å²) in [5, 5.41) is 11.4. The van der Waals surface area contributed by atoms with Gasteiger partial charge in [0, 0.05) is 12.6 Å². The van der Waals surface area contributed by atoms with Crippen molar-refractivity contribution in [3.63, 3.8) is 0 Å². The van der Waals surface area contributed by atoms with Gasteiger partial charge in [0.2, 0.25) is 5.75 Å². The summed E-state index contributed by atoms with van der Waals surface area (Å²) in [6.45, 7) is 5.01. The van der Waals surface area contributed by atoms with Gasteiger partial charge < -0.3 is 28.8 Å². The number of hydrogen-bond acceptors (Lipinski definition) is 9. The summed E-state index contributed by atoms with van der Waals surface area (Å²) in [4.78, 5) is 39.9. The Labute approximate surface area is 213 Å². The first-order chi connectivity index (χ1) is 17.4. The molecule has 37 heavy (non-hydrogen) atoms. The highest BCUT2D eigenvalue weighted by Gasteiger charge is 2.31. The summed E-state index contributed by atoms with van der Waals surface area (Å²) in [6, 6.07) is 7.32. The average Bonchev–Trinajstić information content (AvgIpc) is 2.85. The van der Waals surface area contributed by atoms with Crippen LogP contribution in [0.5, 0.6) is 23.0 Å². The standard InChI is InChI=1S/C26H30N2O9/c1-26(2,3)37-25(32)27(4)28-21(24(31)36-8)20(16-10-9-15(29)13-17(16)23(28)30)14-11-18(33-5)22(35-7)19(12-14)34-6/h9-13,29H,1-8H3. The van der Waals surface area contributed by atoms with Gasteiger partial charge in [0.25, 0.3) is 5.56 Å². The Morgan fingerprint density at radius 2 is 1.51 bits per heavy atom. The zero-order valence-corrected chi connectivity index (χ0v) is 22.0. The number of rotatable bonds is 6. The van der Waals surface area contributed by atoms with Crippen LogP contribution in [-0.2, 0) is 9.47 Å². The van der Waals surface area contributed by atoms with Crippen molar-refractivity contribution in [1.29, 1.82) is 0 Å². The molecule has 0 atom stereocenters. The van der Waals surface area contributed by atoms with E-state index in [0.717, 1.165) is 16.8 Å². The zero-order valence-electron chi connectivity index (χ0n) is 22.0. The Bertz CT molecular complexity index is 1400. The molecule has 0 saturated heterocycles. The van der Waals surface area contributed by atoms with Gasteiger partial charge in [-0.05, 0) is 62.1 Å². The second kappa shape index (κ2) is 10.3. The van der Waals surface area contributed by atoms with Crippen molar-refractivity contribution in [1.82, 2.24) is 4.68 Å². The molecule has 0 fully saturated rings. The maximum Gasteiger partial charge on any atom is 0.429 e. The molecule has 1 aromatic heterocycles. The van der Waals surface area contributed by atoms with Crippen molar-refractivity contribution in [2.24, 2.45) is 0 Å². The van der Waals surface area contributed by atoms with Gasteiger partial charge in [0.1, 0.15) is 11.4 Å². The van der Waals surface area contributed by atoms with E-state index in [1.807, 2.05) is 0 Å². The lowest BCUT2D eigenvalue weighted by Gasteiger charge is -2.28. The summed E-state index contributed by atoms with van der Waals surface area (Å²) < 4.78 is 27.7. The van der Waals surface area contributed by atoms with Gasteiger partial charge in [-0.1, -0.05) is 0 Å². The average molecular weight is 515 g/mol. The predicted molar refractivity (Wildman–Crippen MR) is 137 cm³/mol. The molecule has 0 aliphatic rings. The molecule has 1 amide bonds. The second-order valence-electron chi connectivity index (χ2n) is 8.98. The molecule has 1 heterocycles. The molecule has 11 nitrogen and oxygen atoms in total. The third-order valence-corrected chi connectivity index (χ3v) is 5.43. The molecular formula is C26H30N2O9. The van der Waals surface area contributed by atoms with Crippen molar-refractivity contribution in [3.05, 3.63) is 46.4 Å². The van der Waals surface area contributed by atoms with Gasteiger partial charge in [-0.25, -0.2) is 19.3 Å². The summed E-state index contributed by atoms with van der Waals surface area (Å²) >= 11 is 0. The lowest BCUT2D eigenvalue weighted by atomic mass is 9.96. The van der Waals surface area contributed by atoms with E-state index in [4.69, 9.17) is 23.7 Å². The maximum absolute atomic E-state index is 13.7. The van der Waals surface area contributed by atoms with Gasteiger partial charge >= 0.3 is 12.1 Å². The molecule has 3 aromatic rings. The molecule has 0 unspecified atom stereocenters. The number of carbonyl (C=O) groups excluding carboxylic acids is 2. The van der Waals surface area contributed by atoms with Crippen molar-refractivity contribution < 1.29 is 38.4 Å². The third-order valence-electron chi connectivity index (χ3n) is 5.43. The molecule has 0 aliphatic carbocycles. The minimum absolute atomic E-state index is 0.0341. The number of pyridine rings is 1. The fourth-order valence-corrected chi connectivity index (χ4v) is 3.88. The van der Waals surface area contributed by atoms with E-state index in [1.54, 1.807) is 32.9 Å². The van der Waals surface area contributed by atoms with Crippen LogP contribution in [0.3, 0.4) is 0 Å². The van der Waals surface area contributed by atoms with Gasteiger partial charge in [-0.15, -0.1) is 0 Å². The number of benzene rings is 2. The number of aromatic nitrogens is 1. The van der Waals surface area contributed by atoms with Crippen LogP contribution in [0.2, 0.25) is 0 Å². The Kier molecular flexibility index (Phi) is 7.56. The predicted octanol–water partition coefficient (Wildman–Crippen LogP) is 3.69. The number of methoxy groups -OCH3 is 4. The monoisotopic (exact) mass is 514 g/mol. The molecule has 2 aromatic carbocycles. The van der Waals surface area contributed by atoms with Crippen LogP contribution >= 0.6 is 0 Å². The first-order valence-electron chi connectivity index (χ1n) is 11.2. The van der Waals surface area contributed by atoms with E-state index in [1.165, 1.54) is 46.6 Å². The van der Waals surface area contributed by atoms with Crippen LogP contribution in [0.1, 0.15) is 31.3 Å². The van der Waals surface area contributed by atoms with Crippen LogP contribution in [0, 0.1) is 0 Å². The highest BCUT2D eigenvalue weighted by Crippen LogP contribution is 2.43. The number of esters is 1. The number of hydrogen-bond donors (Lipinski definition) is 1. The summed E-state index contributed by atoms with van der Waals surface area (Å²) in [5.41, 5.74) is -1.29. The second-order valence-corrected chi connectivity index (χ2v) is 8.98.